The van der Waals surface area contributed by atoms with Crippen molar-refractivity contribution in [3.05, 3.63) is 90.2 Å². The summed E-state index contributed by atoms with van der Waals surface area (Å²) in [6, 6.07) is 22.8. The lowest BCUT2D eigenvalue weighted by atomic mass is 10.2. The Kier molecular flexibility index (Phi) is 4.48. The number of phenols is 1. The van der Waals surface area contributed by atoms with E-state index in [0.717, 1.165) is 22.3 Å². The van der Waals surface area contributed by atoms with Gasteiger partial charge in [-0.25, -0.2) is 0 Å². The molecule has 1 aromatic heterocycles. The molecular weight excluding hydrogens is 328 g/mol. The van der Waals surface area contributed by atoms with Gasteiger partial charge < -0.3 is 19.0 Å². The zero-order valence-corrected chi connectivity index (χ0v) is 14.1. The second kappa shape index (κ2) is 7.23. The van der Waals surface area contributed by atoms with Crippen LogP contribution in [-0.2, 0) is 13.2 Å². The number of ether oxygens (including phenoxy) is 2. The Bertz CT molecular complexity index is 1010. The van der Waals surface area contributed by atoms with Gasteiger partial charge in [-0.05, 0) is 29.3 Å². The van der Waals surface area contributed by atoms with Crippen LogP contribution in [0.15, 0.2) is 83.5 Å². The number of hydrogen-bond acceptors (Lipinski definition) is 4. The van der Waals surface area contributed by atoms with E-state index in [2.05, 4.69) is 0 Å². The Labute approximate surface area is 151 Å². The molecule has 3 aromatic carbocycles. The number of furan rings is 1. The zero-order chi connectivity index (χ0) is 17.8. The van der Waals surface area contributed by atoms with Crippen molar-refractivity contribution in [3.63, 3.8) is 0 Å². The molecule has 0 radical (unpaired) electrons. The first kappa shape index (κ1) is 16.1. The van der Waals surface area contributed by atoms with Crippen LogP contribution in [0.5, 0.6) is 17.2 Å². The van der Waals surface area contributed by atoms with Crippen LogP contribution in [0.25, 0.3) is 11.0 Å². The molecule has 4 aromatic rings. The second-order valence-electron chi connectivity index (χ2n) is 5.99. The van der Waals surface area contributed by atoms with Gasteiger partial charge in [-0.15, -0.1) is 0 Å². The molecule has 4 rings (SSSR count). The number of phenolic OH excluding ortho intramolecular Hbond substituents is 1. The third-order valence-electron chi connectivity index (χ3n) is 4.06. The first-order chi connectivity index (χ1) is 12.8. The molecule has 0 amide bonds. The van der Waals surface area contributed by atoms with Gasteiger partial charge in [-0.2, -0.15) is 0 Å². The lowest BCUT2D eigenvalue weighted by molar-refractivity contribution is 0.297. The van der Waals surface area contributed by atoms with E-state index in [0.29, 0.717) is 24.5 Å². The third kappa shape index (κ3) is 3.64. The van der Waals surface area contributed by atoms with Gasteiger partial charge in [-0.3, -0.25) is 0 Å². The Morgan fingerprint density at radius 3 is 2.46 bits per heavy atom. The molecule has 1 N–H and O–H groups in total. The maximum Gasteiger partial charge on any atom is 0.141 e. The Hall–Kier alpha value is -3.40. The van der Waals surface area contributed by atoms with Crippen molar-refractivity contribution in [2.75, 3.05) is 0 Å². The number of fused-ring (bicyclic) bond motifs is 1. The molecule has 26 heavy (non-hydrogen) atoms. The maximum atomic E-state index is 9.79. The van der Waals surface area contributed by atoms with Crippen molar-refractivity contribution in [3.8, 4) is 17.2 Å². The van der Waals surface area contributed by atoms with Crippen molar-refractivity contribution in [1.29, 1.82) is 0 Å². The number of hydrogen-bond donors (Lipinski definition) is 1. The summed E-state index contributed by atoms with van der Waals surface area (Å²) in [5.74, 6) is 1.49. The van der Waals surface area contributed by atoms with E-state index in [1.165, 1.54) is 0 Å². The van der Waals surface area contributed by atoms with Gasteiger partial charge in [0.15, 0.2) is 0 Å². The van der Waals surface area contributed by atoms with Crippen molar-refractivity contribution in [2.45, 2.75) is 13.2 Å². The predicted octanol–water partition coefficient (Wildman–Crippen LogP) is 5.30. The molecule has 0 spiro atoms. The molecule has 1 heterocycles. The van der Waals surface area contributed by atoms with Crippen LogP contribution in [0.2, 0.25) is 0 Å². The van der Waals surface area contributed by atoms with Gasteiger partial charge in [0.05, 0.1) is 11.6 Å². The Balaban J connectivity index is 1.44. The normalized spacial score (nSPS) is 10.8. The standard InChI is InChI=1S/C22H18O4/c23-18-12-21-20(9-10-24-21)22(13-18)26-15-17-7-4-8-19(11-17)25-14-16-5-2-1-3-6-16/h1-13,23H,14-15H2. The minimum absolute atomic E-state index is 0.113. The predicted molar refractivity (Wildman–Crippen MR) is 99.4 cm³/mol. The zero-order valence-electron chi connectivity index (χ0n) is 14.1. The van der Waals surface area contributed by atoms with Crippen LogP contribution < -0.4 is 9.47 Å². The highest BCUT2D eigenvalue weighted by Gasteiger charge is 2.08. The van der Waals surface area contributed by atoms with Crippen LogP contribution >= 0.6 is 0 Å². The summed E-state index contributed by atoms with van der Waals surface area (Å²) in [7, 11) is 0. The fourth-order valence-electron chi connectivity index (χ4n) is 2.77. The van der Waals surface area contributed by atoms with Crippen LogP contribution in [0.4, 0.5) is 0 Å². The molecule has 4 nitrogen and oxygen atoms in total. The van der Waals surface area contributed by atoms with Gasteiger partial charge in [0.1, 0.15) is 36.0 Å². The van der Waals surface area contributed by atoms with Crippen molar-refractivity contribution < 1.29 is 19.0 Å². The Morgan fingerprint density at radius 1 is 0.769 bits per heavy atom. The van der Waals surface area contributed by atoms with E-state index >= 15 is 0 Å². The molecule has 130 valence electrons. The van der Waals surface area contributed by atoms with Gasteiger partial charge in [0.2, 0.25) is 0 Å². The molecule has 0 saturated carbocycles. The highest BCUT2D eigenvalue weighted by molar-refractivity contribution is 5.85. The van der Waals surface area contributed by atoms with E-state index in [-0.39, 0.29) is 5.75 Å². The van der Waals surface area contributed by atoms with E-state index in [1.807, 2.05) is 60.7 Å². The summed E-state index contributed by atoms with van der Waals surface area (Å²) >= 11 is 0. The topological polar surface area (TPSA) is 51.8 Å². The van der Waals surface area contributed by atoms with E-state index in [4.69, 9.17) is 13.9 Å². The maximum absolute atomic E-state index is 9.79. The SMILES string of the molecule is Oc1cc(OCc2cccc(OCc3ccccc3)c2)c2ccoc2c1. The highest BCUT2D eigenvalue weighted by Crippen LogP contribution is 2.32. The lowest BCUT2D eigenvalue weighted by Crippen LogP contribution is -1.98. The summed E-state index contributed by atoms with van der Waals surface area (Å²) in [6.45, 7) is 0.889. The van der Waals surface area contributed by atoms with Crippen molar-refractivity contribution in [1.82, 2.24) is 0 Å². The Morgan fingerprint density at radius 2 is 1.58 bits per heavy atom. The van der Waals surface area contributed by atoms with Crippen molar-refractivity contribution >= 4 is 11.0 Å². The average molecular weight is 346 g/mol. The largest absolute Gasteiger partial charge is 0.508 e. The van der Waals surface area contributed by atoms with E-state index < -0.39 is 0 Å². The molecule has 0 atom stereocenters. The van der Waals surface area contributed by atoms with Crippen LogP contribution in [0.3, 0.4) is 0 Å². The minimum atomic E-state index is 0.113. The van der Waals surface area contributed by atoms with Crippen LogP contribution in [0, 0.1) is 0 Å². The number of aromatic hydroxyl groups is 1. The van der Waals surface area contributed by atoms with Gasteiger partial charge >= 0.3 is 0 Å². The van der Waals surface area contributed by atoms with E-state index in [1.54, 1.807) is 18.4 Å². The quantitative estimate of drug-likeness (QED) is 0.515. The van der Waals surface area contributed by atoms with E-state index in [9.17, 15) is 5.11 Å². The summed E-state index contributed by atoms with van der Waals surface area (Å²) in [4.78, 5) is 0. The highest BCUT2D eigenvalue weighted by atomic mass is 16.5. The molecule has 0 unspecified atom stereocenters. The summed E-state index contributed by atoms with van der Waals surface area (Å²) in [6.07, 6.45) is 1.58. The molecule has 0 aliphatic heterocycles. The monoisotopic (exact) mass is 346 g/mol. The number of rotatable bonds is 6. The molecular formula is C22H18O4. The second-order valence-corrected chi connectivity index (χ2v) is 5.99. The fourth-order valence-corrected chi connectivity index (χ4v) is 2.77. The molecule has 0 fully saturated rings. The molecule has 0 bridgehead atoms. The lowest BCUT2D eigenvalue weighted by Gasteiger charge is -2.10. The summed E-state index contributed by atoms with van der Waals surface area (Å²) < 4.78 is 17.1. The molecule has 0 aliphatic rings. The first-order valence-corrected chi connectivity index (χ1v) is 8.36. The third-order valence-corrected chi connectivity index (χ3v) is 4.06. The smallest absolute Gasteiger partial charge is 0.141 e. The van der Waals surface area contributed by atoms with Gasteiger partial charge in [0, 0.05) is 12.1 Å². The first-order valence-electron chi connectivity index (χ1n) is 8.36. The van der Waals surface area contributed by atoms with Gasteiger partial charge in [0.25, 0.3) is 0 Å². The molecule has 4 heteroatoms. The average Bonchev–Trinajstić information content (AvgIpc) is 3.14. The summed E-state index contributed by atoms with van der Waals surface area (Å²) in [5.41, 5.74) is 2.70. The fraction of sp³-hybridized carbons (Fsp3) is 0.0909. The van der Waals surface area contributed by atoms with Crippen molar-refractivity contribution in [2.24, 2.45) is 0 Å². The van der Waals surface area contributed by atoms with Crippen LogP contribution in [-0.4, -0.2) is 5.11 Å². The number of benzene rings is 3. The van der Waals surface area contributed by atoms with Crippen LogP contribution in [0.1, 0.15) is 11.1 Å². The summed E-state index contributed by atoms with van der Waals surface area (Å²) in [5, 5.41) is 10.6. The molecule has 0 aliphatic carbocycles. The van der Waals surface area contributed by atoms with Gasteiger partial charge in [-0.1, -0.05) is 42.5 Å². The minimum Gasteiger partial charge on any atom is -0.508 e. The molecule has 0 saturated heterocycles.